The fourth-order valence-corrected chi connectivity index (χ4v) is 0.608. The first kappa shape index (κ1) is 10.2. The maximum absolute atomic E-state index is 10.3. The first-order chi connectivity index (χ1) is 4.95. The van der Waals surface area contributed by atoms with Gasteiger partial charge in [0.2, 0.25) is 0 Å². The zero-order valence-electron chi connectivity index (χ0n) is 7.00. The van der Waals surface area contributed by atoms with Gasteiger partial charge < -0.3 is 10.8 Å². The van der Waals surface area contributed by atoms with E-state index < -0.39 is 5.97 Å². The fraction of sp³-hybridized carbons (Fsp3) is 0.625. The minimum atomic E-state index is -0.957. The molecule has 0 heterocycles. The number of carboxylic acid groups (broad SMARTS) is 1. The zero-order chi connectivity index (χ0) is 9.02. The molecule has 0 aliphatic rings. The maximum Gasteiger partial charge on any atom is 0.331 e. The molecule has 0 amide bonds. The molecule has 0 rings (SSSR count). The summed E-state index contributed by atoms with van der Waals surface area (Å²) >= 11 is 0. The van der Waals surface area contributed by atoms with Gasteiger partial charge in [0.15, 0.2) is 0 Å². The van der Waals surface area contributed by atoms with Gasteiger partial charge in [0.1, 0.15) is 0 Å². The van der Waals surface area contributed by atoms with Crippen molar-refractivity contribution in [2.75, 3.05) is 0 Å². The maximum atomic E-state index is 10.3. The number of nitrogens with two attached hydrogens (primary N) is 1. The average molecular weight is 157 g/mol. The molecule has 3 N–H and O–H groups in total. The van der Waals surface area contributed by atoms with E-state index in [2.05, 4.69) is 6.58 Å². The van der Waals surface area contributed by atoms with Crippen molar-refractivity contribution in [1.29, 1.82) is 0 Å². The van der Waals surface area contributed by atoms with Gasteiger partial charge in [-0.25, -0.2) is 4.79 Å². The third-order valence-corrected chi connectivity index (χ3v) is 1.64. The van der Waals surface area contributed by atoms with Gasteiger partial charge >= 0.3 is 5.97 Å². The first-order valence-corrected chi connectivity index (χ1v) is 3.61. The van der Waals surface area contributed by atoms with Crippen molar-refractivity contribution in [3.8, 4) is 0 Å². The second kappa shape index (κ2) is 4.13. The summed E-state index contributed by atoms with van der Waals surface area (Å²) < 4.78 is 0. The van der Waals surface area contributed by atoms with Crippen LogP contribution in [0.15, 0.2) is 12.2 Å². The number of rotatable bonds is 4. The number of carbonyl (C=O) groups is 1. The summed E-state index contributed by atoms with van der Waals surface area (Å²) in [6.45, 7) is 7.31. The topological polar surface area (TPSA) is 63.3 Å². The van der Waals surface area contributed by atoms with Crippen molar-refractivity contribution in [3.05, 3.63) is 12.2 Å². The molecule has 0 aromatic carbocycles. The van der Waals surface area contributed by atoms with Crippen molar-refractivity contribution in [1.82, 2.24) is 0 Å². The lowest BCUT2D eigenvalue weighted by molar-refractivity contribution is -0.132. The Morgan fingerprint density at radius 2 is 2.09 bits per heavy atom. The van der Waals surface area contributed by atoms with E-state index in [0.717, 1.165) is 0 Å². The van der Waals surface area contributed by atoms with Gasteiger partial charge in [-0.2, -0.15) is 0 Å². The zero-order valence-corrected chi connectivity index (χ0v) is 7.00. The lowest BCUT2D eigenvalue weighted by atomic mass is 9.98. The molecule has 0 saturated heterocycles. The highest BCUT2D eigenvalue weighted by Crippen LogP contribution is 2.08. The number of aliphatic carboxylic acids is 1. The largest absolute Gasteiger partial charge is 0.478 e. The van der Waals surface area contributed by atoms with E-state index >= 15 is 0 Å². The molecule has 0 aromatic rings. The molecule has 3 nitrogen and oxygen atoms in total. The Morgan fingerprint density at radius 3 is 2.36 bits per heavy atom. The smallest absolute Gasteiger partial charge is 0.331 e. The van der Waals surface area contributed by atoms with Gasteiger partial charge in [0.25, 0.3) is 0 Å². The summed E-state index contributed by atoms with van der Waals surface area (Å²) in [4.78, 5) is 10.3. The van der Waals surface area contributed by atoms with Gasteiger partial charge in [-0.15, -0.1) is 0 Å². The molecule has 3 heteroatoms. The Bertz CT molecular complexity index is 163. The van der Waals surface area contributed by atoms with E-state index in [9.17, 15) is 4.79 Å². The van der Waals surface area contributed by atoms with Crippen LogP contribution in [0.1, 0.15) is 20.3 Å². The minimum Gasteiger partial charge on any atom is -0.478 e. The molecule has 0 spiro atoms. The second-order valence-electron chi connectivity index (χ2n) is 3.02. The molecule has 11 heavy (non-hydrogen) atoms. The van der Waals surface area contributed by atoms with Crippen LogP contribution in [-0.2, 0) is 4.79 Å². The number of hydrogen-bond acceptors (Lipinski definition) is 2. The molecule has 0 unspecified atom stereocenters. The van der Waals surface area contributed by atoms with E-state index in [-0.39, 0.29) is 11.6 Å². The van der Waals surface area contributed by atoms with Gasteiger partial charge in [0.05, 0.1) is 0 Å². The van der Waals surface area contributed by atoms with Crippen molar-refractivity contribution in [2.24, 2.45) is 11.7 Å². The van der Waals surface area contributed by atoms with E-state index in [1.54, 1.807) is 0 Å². The molecule has 0 aliphatic heterocycles. The van der Waals surface area contributed by atoms with Gasteiger partial charge in [-0.05, 0) is 12.3 Å². The summed E-state index contributed by atoms with van der Waals surface area (Å²) in [5.41, 5.74) is 5.82. The molecular weight excluding hydrogens is 142 g/mol. The van der Waals surface area contributed by atoms with Gasteiger partial charge in [0, 0.05) is 11.6 Å². The Labute approximate surface area is 66.9 Å². The molecule has 1 atom stereocenters. The normalized spacial score (nSPS) is 13.1. The van der Waals surface area contributed by atoms with E-state index in [4.69, 9.17) is 10.8 Å². The van der Waals surface area contributed by atoms with Gasteiger partial charge in [-0.1, -0.05) is 20.4 Å². The summed E-state index contributed by atoms with van der Waals surface area (Å²) in [5.74, 6) is -0.660. The molecular formula is C8H15NO2. The van der Waals surface area contributed by atoms with Crippen LogP contribution >= 0.6 is 0 Å². The van der Waals surface area contributed by atoms with Crippen molar-refractivity contribution >= 4 is 5.97 Å². The quantitative estimate of drug-likeness (QED) is 0.598. The molecule has 0 aromatic heterocycles. The minimum absolute atomic E-state index is 0.0985. The fourth-order valence-electron chi connectivity index (χ4n) is 0.608. The van der Waals surface area contributed by atoms with E-state index in [0.29, 0.717) is 12.3 Å². The van der Waals surface area contributed by atoms with Crippen LogP contribution in [0, 0.1) is 5.92 Å². The van der Waals surface area contributed by atoms with Crippen LogP contribution in [0.2, 0.25) is 0 Å². The molecule has 64 valence electrons. The highest BCUT2D eigenvalue weighted by atomic mass is 16.4. The van der Waals surface area contributed by atoms with Crippen molar-refractivity contribution in [3.63, 3.8) is 0 Å². The molecule has 0 saturated carbocycles. The summed E-state index contributed by atoms with van der Waals surface area (Å²) in [7, 11) is 0. The highest BCUT2D eigenvalue weighted by molar-refractivity contribution is 5.85. The highest BCUT2D eigenvalue weighted by Gasteiger charge is 2.12. The summed E-state index contributed by atoms with van der Waals surface area (Å²) in [6, 6.07) is -0.0985. The lowest BCUT2D eigenvalue weighted by Gasteiger charge is -2.14. The second-order valence-corrected chi connectivity index (χ2v) is 3.02. The monoisotopic (exact) mass is 157 g/mol. The number of hydrogen-bond donors (Lipinski definition) is 2. The van der Waals surface area contributed by atoms with Crippen molar-refractivity contribution in [2.45, 2.75) is 26.3 Å². The third kappa shape index (κ3) is 3.78. The summed E-state index contributed by atoms with van der Waals surface area (Å²) in [5, 5.41) is 8.46. The Morgan fingerprint density at radius 1 is 1.64 bits per heavy atom. The molecule has 0 aliphatic carbocycles. The van der Waals surface area contributed by atoms with Crippen LogP contribution in [0.3, 0.4) is 0 Å². The van der Waals surface area contributed by atoms with Crippen LogP contribution in [0.25, 0.3) is 0 Å². The van der Waals surface area contributed by atoms with Crippen LogP contribution in [0.4, 0.5) is 0 Å². The predicted octanol–water partition coefficient (Wildman–Crippen LogP) is 1.00. The predicted molar refractivity (Wildman–Crippen MR) is 44.2 cm³/mol. The lowest BCUT2D eigenvalue weighted by Crippen LogP contribution is -2.27. The standard InChI is InChI=1S/C8H15NO2/c1-5(2)7(9)4-6(3)8(10)11/h5,7H,3-4,9H2,1-2H3,(H,10,11)/t7-/m1/s1. The molecule has 0 radical (unpaired) electrons. The average Bonchev–Trinajstić information content (AvgIpc) is 1.87. The molecule has 0 bridgehead atoms. The molecule has 0 fully saturated rings. The Balaban J connectivity index is 3.85. The summed E-state index contributed by atoms with van der Waals surface area (Å²) in [6.07, 6.45) is 0.368. The van der Waals surface area contributed by atoms with E-state index in [1.165, 1.54) is 0 Å². The van der Waals surface area contributed by atoms with Crippen molar-refractivity contribution < 1.29 is 9.90 Å². The van der Waals surface area contributed by atoms with Crippen LogP contribution in [-0.4, -0.2) is 17.1 Å². The Kier molecular flexibility index (Phi) is 3.82. The van der Waals surface area contributed by atoms with Crippen LogP contribution < -0.4 is 5.73 Å². The SMILES string of the molecule is C=C(C[C@@H](N)C(C)C)C(=O)O. The first-order valence-electron chi connectivity index (χ1n) is 3.61. The third-order valence-electron chi connectivity index (χ3n) is 1.64. The van der Waals surface area contributed by atoms with Gasteiger partial charge in [-0.3, -0.25) is 0 Å². The van der Waals surface area contributed by atoms with Crippen LogP contribution in [0.5, 0.6) is 0 Å². The number of carboxylic acids is 1. The van der Waals surface area contributed by atoms with E-state index in [1.807, 2.05) is 13.8 Å². The Hall–Kier alpha value is -0.830.